The van der Waals surface area contributed by atoms with Crippen LogP contribution in [0, 0.1) is 0 Å². The van der Waals surface area contributed by atoms with E-state index in [-0.39, 0.29) is 5.54 Å². The number of nitrogens with two attached hydrogens (primary N) is 1. The Hall–Kier alpha value is -0.770. The van der Waals surface area contributed by atoms with Gasteiger partial charge in [0.05, 0.1) is 10.7 Å². The van der Waals surface area contributed by atoms with Gasteiger partial charge in [0.1, 0.15) is 0 Å². The van der Waals surface area contributed by atoms with E-state index in [9.17, 15) is 0 Å². The van der Waals surface area contributed by atoms with Crippen molar-refractivity contribution in [1.82, 2.24) is 4.90 Å². The summed E-state index contributed by atoms with van der Waals surface area (Å²) in [7, 11) is 0. The Morgan fingerprint density at radius 3 is 2.33 bits per heavy atom. The SMILES string of the molecule is NC1(CN2CCN(c3ccccc3Cl)CC2)CCCCC1. The van der Waals surface area contributed by atoms with Crippen LogP contribution in [0.4, 0.5) is 5.69 Å². The molecule has 0 aromatic heterocycles. The number of halogens is 1. The number of piperazine rings is 1. The Kier molecular flexibility index (Phi) is 4.72. The second kappa shape index (κ2) is 6.55. The molecule has 4 heteroatoms. The van der Waals surface area contributed by atoms with E-state index in [0.29, 0.717) is 0 Å². The molecule has 1 saturated carbocycles. The first kappa shape index (κ1) is 15.1. The molecule has 0 atom stereocenters. The van der Waals surface area contributed by atoms with Gasteiger partial charge in [-0.25, -0.2) is 0 Å². The average Bonchev–Trinajstić information content (AvgIpc) is 2.49. The van der Waals surface area contributed by atoms with Crippen molar-refractivity contribution in [2.75, 3.05) is 37.6 Å². The Balaban J connectivity index is 1.54. The lowest BCUT2D eigenvalue weighted by Gasteiger charge is -2.42. The lowest BCUT2D eigenvalue weighted by atomic mass is 9.82. The maximum Gasteiger partial charge on any atom is 0.0639 e. The van der Waals surface area contributed by atoms with Gasteiger partial charge in [0, 0.05) is 38.3 Å². The van der Waals surface area contributed by atoms with Crippen LogP contribution in [0.3, 0.4) is 0 Å². The van der Waals surface area contributed by atoms with E-state index in [1.54, 1.807) is 0 Å². The molecule has 1 aliphatic carbocycles. The van der Waals surface area contributed by atoms with Crippen molar-refractivity contribution in [2.24, 2.45) is 5.73 Å². The number of nitrogens with zero attached hydrogens (tertiary/aromatic N) is 2. The molecule has 2 fully saturated rings. The van der Waals surface area contributed by atoms with Crippen LogP contribution < -0.4 is 10.6 Å². The van der Waals surface area contributed by atoms with E-state index in [1.807, 2.05) is 12.1 Å². The zero-order chi connectivity index (χ0) is 14.7. The van der Waals surface area contributed by atoms with Crippen LogP contribution in [0.2, 0.25) is 5.02 Å². The van der Waals surface area contributed by atoms with E-state index in [2.05, 4.69) is 21.9 Å². The minimum Gasteiger partial charge on any atom is -0.368 e. The Morgan fingerprint density at radius 1 is 1.00 bits per heavy atom. The second-order valence-electron chi connectivity index (χ2n) is 6.64. The molecule has 0 bridgehead atoms. The van der Waals surface area contributed by atoms with Gasteiger partial charge in [-0.05, 0) is 25.0 Å². The first-order chi connectivity index (χ1) is 10.2. The maximum absolute atomic E-state index is 6.58. The fourth-order valence-corrected chi connectivity index (χ4v) is 3.97. The van der Waals surface area contributed by atoms with Crippen LogP contribution in [0.5, 0.6) is 0 Å². The highest BCUT2D eigenvalue weighted by Crippen LogP contribution is 2.29. The number of benzene rings is 1. The van der Waals surface area contributed by atoms with Crippen LogP contribution in [-0.4, -0.2) is 43.2 Å². The van der Waals surface area contributed by atoms with Gasteiger partial charge in [-0.1, -0.05) is 43.0 Å². The van der Waals surface area contributed by atoms with E-state index >= 15 is 0 Å². The van der Waals surface area contributed by atoms with Crippen molar-refractivity contribution in [1.29, 1.82) is 0 Å². The molecule has 0 radical (unpaired) electrons. The van der Waals surface area contributed by atoms with Gasteiger partial charge >= 0.3 is 0 Å². The Bertz CT molecular complexity index is 463. The molecule has 3 nitrogen and oxygen atoms in total. The number of rotatable bonds is 3. The van der Waals surface area contributed by atoms with Crippen LogP contribution >= 0.6 is 11.6 Å². The lowest BCUT2D eigenvalue weighted by molar-refractivity contribution is 0.165. The summed E-state index contributed by atoms with van der Waals surface area (Å²) in [5.74, 6) is 0. The van der Waals surface area contributed by atoms with E-state index < -0.39 is 0 Å². The van der Waals surface area contributed by atoms with Crippen molar-refractivity contribution < 1.29 is 0 Å². The third-order valence-electron chi connectivity index (χ3n) is 4.95. The molecule has 0 unspecified atom stereocenters. The highest BCUT2D eigenvalue weighted by Gasteiger charge is 2.31. The van der Waals surface area contributed by atoms with Crippen LogP contribution in [0.1, 0.15) is 32.1 Å². The highest BCUT2D eigenvalue weighted by atomic mass is 35.5. The predicted octanol–water partition coefficient (Wildman–Crippen LogP) is 3.12. The molecule has 1 aromatic rings. The minimum absolute atomic E-state index is 0.0603. The summed E-state index contributed by atoms with van der Waals surface area (Å²) in [5.41, 5.74) is 7.81. The van der Waals surface area contributed by atoms with Gasteiger partial charge < -0.3 is 10.6 Å². The molecular weight excluding hydrogens is 282 g/mol. The molecule has 21 heavy (non-hydrogen) atoms. The molecule has 3 rings (SSSR count). The second-order valence-corrected chi connectivity index (χ2v) is 7.04. The Morgan fingerprint density at radius 2 is 1.67 bits per heavy atom. The quantitative estimate of drug-likeness (QED) is 0.931. The van der Waals surface area contributed by atoms with Crippen molar-refractivity contribution in [3.05, 3.63) is 29.3 Å². The van der Waals surface area contributed by atoms with Gasteiger partial charge in [-0.15, -0.1) is 0 Å². The monoisotopic (exact) mass is 307 g/mol. The van der Waals surface area contributed by atoms with Crippen molar-refractivity contribution in [3.8, 4) is 0 Å². The number of anilines is 1. The molecule has 1 aliphatic heterocycles. The van der Waals surface area contributed by atoms with E-state index in [0.717, 1.165) is 37.7 Å². The molecular formula is C17H26ClN3. The third kappa shape index (κ3) is 3.71. The van der Waals surface area contributed by atoms with Gasteiger partial charge in [0.15, 0.2) is 0 Å². The largest absolute Gasteiger partial charge is 0.368 e. The predicted molar refractivity (Wildman–Crippen MR) is 90.1 cm³/mol. The molecule has 0 amide bonds. The smallest absolute Gasteiger partial charge is 0.0639 e. The van der Waals surface area contributed by atoms with Gasteiger partial charge in [0.2, 0.25) is 0 Å². The van der Waals surface area contributed by atoms with Crippen molar-refractivity contribution >= 4 is 17.3 Å². The molecule has 2 N–H and O–H groups in total. The fraction of sp³-hybridized carbons (Fsp3) is 0.647. The summed E-state index contributed by atoms with van der Waals surface area (Å²) in [6, 6.07) is 8.14. The summed E-state index contributed by atoms with van der Waals surface area (Å²) >= 11 is 6.30. The zero-order valence-electron chi connectivity index (χ0n) is 12.7. The lowest BCUT2D eigenvalue weighted by Crippen LogP contribution is -2.56. The first-order valence-electron chi connectivity index (χ1n) is 8.17. The number of hydrogen-bond acceptors (Lipinski definition) is 3. The van der Waals surface area contributed by atoms with Crippen LogP contribution in [-0.2, 0) is 0 Å². The van der Waals surface area contributed by atoms with Crippen LogP contribution in [0.15, 0.2) is 24.3 Å². The van der Waals surface area contributed by atoms with Gasteiger partial charge in [0.25, 0.3) is 0 Å². The average molecular weight is 308 g/mol. The highest BCUT2D eigenvalue weighted by molar-refractivity contribution is 6.33. The molecule has 1 heterocycles. The fourth-order valence-electron chi connectivity index (χ4n) is 3.71. The van der Waals surface area contributed by atoms with Gasteiger partial charge in [-0.3, -0.25) is 4.90 Å². The first-order valence-corrected chi connectivity index (χ1v) is 8.55. The topological polar surface area (TPSA) is 32.5 Å². The summed E-state index contributed by atoms with van der Waals surface area (Å²) in [5, 5.41) is 0.855. The van der Waals surface area contributed by atoms with Crippen LogP contribution in [0.25, 0.3) is 0 Å². The number of para-hydroxylation sites is 1. The maximum atomic E-state index is 6.58. The third-order valence-corrected chi connectivity index (χ3v) is 5.27. The van der Waals surface area contributed by atoms with E-state index in [1.165, 1.54) is 37.8 Å². The Labute approximate surface area is 133 Å². The molecule has 2 aliphatic rings. The summed E-state index contributed by atoms with van der Waals surface area (Å²) in [6.07, 6.45) is 6.35. The number of hydrogen-bond donors (Lipinski definition) is 1. The normalized spacial score (nSPS) is 23.2. The zero-order valence-corrected chi connectivity index (χ0v) is 13.5. The molecule has 116 valence electrons. The minimum atomic E-state index is 0.0603. The van der Waals surface area contributed by atoms with Crippen molar-refractivity contribution in [2.45, 2.75) is 37.6 Å². The standard InChI is InChI=1S/C17H26ClN3/c18-15-6-2-3-7-16(15)21-12-10-20(11-13-21)14-17(19)8-4-1-5-9-17/h2-3,6-7H,1,4-5,8-14,19H2. The van der Waals surface area contributed by atoms with Crippen molar-refractivity contribution in [3.63, 3.8) is 0 Å². The molecule has 1 saturated heterocycles. The molecule has 1 aromatic carbocycles. The van der Waals surface area contributed by atoms with E-state index in [4.69, 9.17) is 17.3 Å². The molecule has 0 spiro atoms. The summed E-state index contributed by atoms with van der Waals surface area (Å²) in [6.45, 7) is 5.32. The summed E-state index contributed by atoms with van der Waals surface area (Å²) < 4.78 is 0. The summed E-state index contributed by atoms with van der Waals surface area (Å²) in [4.78, 5) is 4.93. The van der Waals surface area contributed by atoms with Gasteiger partial charge in [-0.2, -0.15) is 0 Å².